The number of ether oxygens (including phenoxy) is 1. The minimum Gasteiger partial charge on any atom is -0.386 e. The molecule has 100 valence electrons. The number of hydrogen-bond acceptors (Lipinski definition) is 7. The van der Waals surface area contributed by atoms with E-state index in [1.165, 1.54) is 12.3 Å². The highest BCUT2D eigenvalue weighted by Gasteiger charge is 2.88. The Hall–Kier alpha value is -1.66. The van der Waals surface area contributed by atoms with Crippen molar-refractivity contribution in [1.82, 2.24) is 9.55 Å². The van der Waals surface area contributed by atoms with Crippen LogP contribution in [0.25, 0.3) is 0 Å². The normalized spacial score (nSPS) is 43.6. The van der Waals surface area contributed by atoms with Gasteiger partial charge in [-0.05, 0) is 6.07 Å². The number of aromatic nitrogens is 2. The van der Waals surface area contributed by atoms with E-state index in [-0.39, 0.29) is 5.82 Å². The van der Waals surface area contributed by atoms with E-state index in [9.17, 15) is 15.0 Å². The smallest absolute Gasteiger partial charge is 0.351 e. The van der Waals surface area contributed by atoms with Gasteiger partial charge in [-0.25, -0.2) is 4.79 Å². The summed E-state index contributed by atoms with van der Waals surface area (Å²) in [5.74, 6) is 0.0317. The Kier molecular flexibility index (Phi) is 2.25. The Bertz CT molecular complexity index is 658. The van der Waals surface area contributed by atoms with Crippen molar-refractivity contribution in [2.24, 2.45) is 0 Å². The number of nitriles is 1. The van der Waals surface area contributed by atoms with Crippen LogP contribution in [0.3, 0.4) is 0 Å². The number of nitrogen functional groups attached to an aromatic ring is 1. The molecule has 9 heteroatoms. The molecule has 1 unspecified atom stereocenters. The lowest BCUT2D eigenvalue weighted by Gasteiger charge is -2.21. The van der Waals surface area contributed by atoms with E-state index in [0.29, 0.717) is 0 Å². The van der Waals surface area contributed by atoms with Crippen molar-refractivity contribution in [3.8, 4) is 6.07 Å². The summed E-state index contributed by atoms with van der Waals surface area (Å²) < 4.78 is 6.31. The monoisotopic (exact) mass is 284 g/mol. The van der Waals surface area contributed by atoms with Crippen LogP contribution in [0.4, 0.5) is 5.82 Å². The lowest BCUT2D eigenvalue weighted by atomic mass is 10.2. The zero-order valence-corrected chi connectivity index (χ0v) is 10.2. The van der Waals surface area contributed by atoms with E-state index in [1.807, 2.05) is 0 Å². The number of aliphatic hydroxyl groups is 2. The Balaban J connectivity index is 2.03. The Morgan fingerprint density at radius 2 is 2.37 bits per heavy atom. The van der Waals surface area contributed by atoms with E-state index in [0.717, 1.165) is 4.57 Å². The van der Waals surface area contributed by atoms with Crippen molar-refractivity contribution in [3.63, 3.8) is 0 Å². The first-order valence-electron chi connectivity index (χ1n) is 5.36. The molecule has 2 aliphatic rings. The van der Waals surface area contributed by atoms with Crippen molar-refractivity contribution in [2.45, 2.75) is 28.9 Å². The van der Waals surface area contributed by atoms with E-state index in [1.54, 1.807) is 6.07 Å². The number of halogens is 1. The molecule has 0 bridgehead atoms. The summed E-state index contributed by atoms with van der Waals surface area (Å²) >= 11 is 6.02. The number of rotatable bonds is 1. The van der Waals surface area contributed by atoms with Gasteiger partial charge in [-0.2, -0.15) is 10.2 Å². The summed E-state index contributed by atoms with van der Waals surface area (Å²) in [6, 6.07) is 3.06. The van der Waals surface area contributed by atoms with E-state index >= 15 is 0 Å². The number of fused-ring (bicyclic) bond motifs is 1. The average molecular weight is 285 g/mol. The summed E-state index contributed by atoms with van der Waals surface area (Å²) in [6.07, 6.45) is -1.20. The molecule has 8 nitrogen and oxygen atoms in total. The van der Waals surface area contributed by atoms with Gasteiger partial charge in [0, 0.05) is 6.20 Å². The van der Waals surface area contributed by atoms with Crippen LogP contribution in [-0.2, 0) is 4.74 Å². The fourth-order valence-electron chi connectivity index (χ4n) is 2.41. The topological polar surface area (TPSA) is 134 Å². The minimum atomic E-state index is -1.89. The molecule has 1 saturated heterocycles. The van der Waals surface area contributed by atoms with Crippen LogP contribution in [0, 0.1) is 11.3 Å². The molecule has 0 amide bonds. The van der Waals surface area contributed by atoms with Gasteiger partial charge in [0.25, 0.3) is 0 Å². The average Bonchev–Trinajstić information content (AvgIpc) is 2.73. The Morgan fingerprint density at radius 3 is 2.89 bits per heavy atom. The largest absolute Gasteiger partial charge is 0.386 e. The van der Waals surface area contributed by atoms with Crippen molar-refractivity contribution >= 4 is 17.4 Å². The molecule has 1 aromatic rings. The second-order valence-electron chi connectivity index (χ2n) is 4.53. The summed E-state index contributed by atoms with van der Waals surface area (Å²) in [5.41, 5.74) is 0.943. The van der Waals surface area contributed by atoms with Crippen molar-refractivity contribution in [3.05, 3.63) is 22.7 Å². The molecule has 0 radical (unpaired) electrons. The molecule has 3 rings (SSSR count). The number of nitrogens with two attached hydrogens (primary N) is 1. The number of alkyl halides is 1. The third kappa shape index (κ3) is 1.23. The number of anilines is 1. The van der Waals surface area contributed by atoms with E-state index in [4.69, 9.17) is 27.3 Å². The van der Waals surface area contributed by atoms with Crippen LogP contribution in [0.5, 0.6) is 0 Å². The van der Waals surface area contributed by atoms with Crippen LogP contribution in [0.1, 0.15) is 6.23 Å². The standard InChI is InChI=1S/C10H9ClN4O4/c11-5-6(15-2-1-4(13)14-8(15)17)19-9(3-12)7(16)10(5,9)18/h1-2,5-7,16,18H,(H2,13,14,17)/t5-,6+,7?,9+,10+/m0/s1. The molecule has 5 atom stereocenters. The van der Waals surface area contributed by atoms with E-state index in [2.05, 4.69) is 4.98 Å². The zero-order chi connectivity index (χ0) is 14.0. The molecular formula is C10H9ClN4O4. The molecule has 1 aliphatic carbocycles. The van der Waals surface area contributed by atoms with Crippen molar-refractivity contribution in [1.29, 1.82) is 5.26 Å². The molecule has 1 aromatic heterocycles. The Labute approximate surface area is 111 Å². The molecule has 1 aliphatic heterocycles. The Morgan fingerprint density at radius 1 is 1.68 bits per heavy atom. The van der Waals surface area contributed by atoms with Gasteiger partial charge in [0.1, 0.15) is 23.4 Å². The molecule has 19 heavy (non-hydrogen) atoms. The van der Waals surface area contributed by atoms with Gasteiger partial charge in [0.2, 0.25) is 5.60 Å². The number of aliphatic hydroxyl groups excluding tert-OH is 1. The second kappa shape index (κ2) is 3.46. The number of nitrogens with zero attached hydrogens (tertiary/aromatic N) is 3. The SMILES string of the molecule is N#C[C@]12O[C@@H](n3ccc(N)nc3=O)[C@H](Cl)[C@@]1(O)C2O. The van der Waals surface area contributed by atoms with Crippen molar-refractivity contribution < 1.29 is 14.9 Å². The maximum Gasteiger partial charge on any atom is 0.351 e. The molecule has 2 fully saturated rings. The fourth-order valence-corrected chi connectivity index (χ4v) is 2.87. The maximum atomic E-state index is 11.7. The molecule has 4 N–H and O–H groups in total. The highest BCUT2D eigenvalue weighted by atomic mass is 35.5. The predicted molar refractivity (Wildman–Crippen MR) is 62.0 cm³/mol. The highest BCUT2D eigenvalue weighted by molar-refractivity contribution is 6.22. The first-order valence-corrected chi connectivity index (χ1v) is 5.80. The summed E-state index contributed by atoms with van der Waals surface area (Å²) in [5, 5.41) is 27.6. The zero-order valence-electron chi connectivity index (χ0n) is 9.39. The van der Waals surface area contributed by atoms with Crippen LogP contribution < -0.4 is 11.4 Å². The van der Waals surface area contributed by atoms with Gasteiger partial charge in [-0.15, -0.1) is 11.6 Å². The summed E-state index contributed by atoms with van der Waals surface area (Å²) in [4.78, 5) is 15.2. The third-order valence-electron chi connectivity index (χ3n) is 3.58. The van der Waals surface area contributed by atoms with Gasteiger partial charge in [-0.3, -0.25) is 4.57 Å². The van der Waals surface area contributed by atoms with Gasteiger partial charge < -0.3 is 20.7 Å². The van der Waals surface area contributed by atoms with Gasteiger partial charge in [0.15, 0.2) is 11.8 Å². The molecule has 2 heterocycles. The first kappa shape index (κ1) is 12.4. The van der Waals surface area contributed by atoms with Gasteiger partial charge >= 0.3 is 5.69 Å². The second-order valence-corrected chi connectivity index (χ2v) is 5.00. The van der Waals surface area contributed by atoms with Gasteiger partial charge in [-0.1, -0.05) is 0 Å². The minimum absolute atomic E-state index is 0.0317. The van der Waals surface area contributed by atoms with Crippen LogP contribution in [0.15, 0.2) is 17.1 Å². The van der Waals surface area contributed by atoms with Crippen LogP contribution >= 0.6 is 11.6 Å². The fraction of sp³-hybridized carbons (Fsp3) is 0.500. The maximum absolute atomic E-state index is 11.7. The van der Waals surface area contributed by atoms with E-state index < -0.39 is 34.6 Å². The van der Waals surface area contributed by atoms with Crippen LogP contribution in [-0.4, -0.2) is 42.4 Å². The molecule has 0 spiro atoms. The summed E-state index contributed by atoms with van der Waals surface area (Å²) in [7, 11) is 0. The van der Waals surface area contributed by atoms with Crippen LogP contribution in [0.2, 0.25) is 0 Å². The first-order chi connectivity index (χ1) is 8.88. The predicted octanol–water partition coefficient (Wildman–Crippen LogP) is -1.67. The highest BCUT2D eigenvalue weighted by Crippen LogP contribution is 2.63. The van der Waals surface area contributed by atoms with Crippen molar-refractivity contribution in [2.75, 3.05) is 5.73 Å². The third-order valence-corrected chi connectivity index (χ3v) is 4.13. The molecule has 1 saturated carbocycles. The lowest BCUT2D eigenvalue weighted by molar-refractivity contribution is -0.0410. The molecular weight excluding hydrogens is 276 g/mol. The lowest BCUT2D eigenvalue weighted by Crippen LogP contribution is -2.37. The quantitative estimate of drug-likeness (QED) is 0.525. The summed E-state index contributed by atoms with van der Waals surface area (Å²) in [6.45, 7) is 0. The molecule has 0 aromatic carbocycles. The number of hydrogen-bond donors (Lipinski definition) is 3. The van der Waals surface area contributed by atoms with Gasteiger partial charge in [0.05, 0.1) is 0 Å².